The van der Waals surface area contributed by atoms with Crippen LogP contribution in [0.2, 0.25) is 0 Å². The Kier molecular flexibility index (Phi) is 11.2. The monoisotopic (exact) mass is 673 g/mol. The van der Waals surface area contributed by atoms with Gasteiger partial charge in [0.05, 0.1) is 10.4 Å². The lowest BCUT2D eigenvalue weighted by molar-refractivity contribution is -0.192. The molecular formula is C28H35BrF3N5O4S. The van der Waals surface area contributed by atoms with Gasteiger partial charge < -0.3 is 15.7 Å². The van der Waals surface area contributed by atoms with Gasteiger partial charge in [0.25, 0.3) is 0 Å². The number of rotatable bonds is 8. The second-order valence-electron chi connectivity index (χ2n) is 11.1. The van der Waals surface area contributed by atoms with E-state index in [-0.39, 0.29) is 10.4 Å². The first-order valence-corrected chi connectivity index (χ1v) is 15.7. The Morgan fingerprint density at radius 2 is 1.50 bits per heavy atom. The lowest BCUT2D eigenvalue weighted by Gasteiger charge is -2.29. The summed E-state index contributed by atoms with van der Waals surface area (Å²) in [7, 11) is -3.52. The second kappa shape index (κ2) is 14.0. The average molecular weight is 675 g/mol. The number of nitrogens with one attached hydrogen (secondary N) is 3. The zero-order chi connectivity index (χ0) is 31.1. The number of hydrogen-bond donors (Lipinski definition) is 4. The van der Waals surface area contributed by atoms with Crippen molar-refractivity contribution in [1.29, 1.82) is 0 Å². The number of carbonyl (C=O) groups is 1. The predicted octanol–water partition coefficient (Wildman–Crippen LogP) is 6.43. The number of fused-ring (bicyclic) bond motifs is 1. The summed E-state index contributed by atoms with van der Waals surface area (Å²) in [4.78, 5) is 18.7. The van der Waals surface area contributed by atoms with Crippen LogP contribution < -0.4 is 15.4 Å². The highest BCUT2D eigenvalue weighted by molar-refractivity contribution is 9.10. The number of carboxylic acids is 1. The van der Waals surface area contributed by atoms with Gasteiger partial charge in [-0.05, 0) is 98.5 Å². The van der Waals surface area contributed by atoms with E-state index in [9.17, 15) is 21.6 Å². The van der Waals surface area contributed by atoms with Crippen LogP contribution in [0.4, 0.5) is 24.9 Å². The number of anilines is 2. The first-order chi connectivity index (χ1) is 19.5. The second-order valence-corrected chi connectivity index (χ2v) is 13.7. The molecule has 42 heavy (non-hydrogen) atoms. The highest BCUT2D eigenvalue weighted by Gasteiger charge is 2.38. The van der Waals surface area contributed by atoms with E-state index in [2.05, 4.69) is 52.1 Å². The molecule has 0 bridgehead atoms. The highest BCUT2D eigenvalue weighted by atomic mass is 79.9. The van der Waals surface area contributed by atoms with E-state index in [1.807, 2.05) is 30.3 Å². The number of nitrogens with zero attached hydrogens (tertiary/aromatic N) is 2. The number of aliphatic carboxylic acids is 1. The number of benzene rings is 2. The number of carboxylic acid groups (broad SMARTS) is 1. The largest absolute Gasteiger partial charge is 0.490 e. The maximum absolute atomic E-state index is 12.7. The topological polar surface area (TPSA) is 133 Å². The van der Waals surface area contributed by atoms with E-state index in [0.29, 0.717) is 28.8 Å². The standard InChI is InChI=1S/C26H34BrN5O2S.C2HF3O2/c1-26(2,3)32-24-20-8-4-6-10-22(20)30-25(31-24)28-16-18-12-14-19(15-13-18)17-29-35(33,34)23-11-7-5-9-21(23)27;3-2(4,5)1(6)7/h4-11,18-19,29H,12-17H2,1-3H3,(H2,28,30,31,32);(H,6,7). The van der Waals surface area contributed by atoms with Crippen LogP contribution in [0.25, 0.3) is 10.9 Å². The Morgan fingerprint density at radius 3 is 2.07 bits per heavy atom. The third kappa shape index (κ3) is 10.1. The van der Waals surface area contributed by atoms with Gasteiger partial charge in [-0.1, -0.05) is 24.3 Å². The van der Waals surface area contributed by atoms with Crippen LogP contribution >= 0.6 is 15.9 Å². The quantitative estimate of drug-likeness (QED) is 0.215. The summed E-state index contributed by atoms with van der Waals surface area (Å²) in [6.45, 7) is 7.64. The molecule has 9 nitrogen and oxygen atoms in total. The molecule has 4 N–H and O–H groups in total. The maximum Gasteiger partial charge on any atom is 0.490 e. The first-order valence-electron chi connectivity index (χ1n) is 13.4. The van der Waals surface area contributed by atoms with E-state index in [0.717, 1.165) is 48.9 Å². The van der Waals surface area contributed by atoms with Gasteiger partial charge in [-0.2, -0.15) is 18.2 Å². The SMILES string of the molecule is CC(C)(C)Nc1nc(NCC2CCC(CNS(=O)(=O)c3ccccc3Br)CC2)nc2ccccc12.O=C(O)C(F)(F)F. The number of para-hydroxylation sites is 1. The van der Waals surface area contributed by atoms with Gasteiger partial charge in [-0.25, -0.2) is 22.9 Å². The molecule has 0 radical (unpaired) electrons. The molecule has 0 aliphatic heterocycles. The van der Waals surface area contributed by atoms with Crippen molar-refractivity contribution in [2.75, 3.05) is 23.7 Å². The highest BCUT2D eigenvalue weighted by Crippen LogP contribution is 2.30. The molecule has 0 spiro atoms. The van der Waals surface area contributed by atoms with Crippen LogP contribution in [0.1, 0.15) is 46.5 Å². The summed E-state index contributed by atoms with van der Waals surface area (Å²) < 4.78 is 60.4. The third-order valence-electron chi connectivity index (χ3n) is 6.54. The zero-order valence-electron chi connectivity index (χ0n) is 23.5. The third-order valence-corrected chi connectivity index (χ3v) is 8.98. The smallest absolute Gasteiger partial charge is 0.475 e. The Balaban J connectivity index is 0.000000616. The molecule has 0 saturated heterocycles. The molecule has 1 saturated carbocycles. The Labute approximate surface area is 251 Å². The Bertz CT molecular complexity index is 1470. The maximum atomic E-state index is 12.7. The van der Waals surface area contributed by atoms with Crippen molar-refractivity contribution in [3.63, 3.8) is 0 Å². The van der Waals surface area contributed by atoms with Crippen LogP contribution in [0, 0.1) is 11.8 Å². The number of halogens is 4. The summed E-state index contributed by atoms with van der Waals surface area (Å²) in [5, 5.41) is 15.1. The minimum absolute atomic E-state index is 0.106. The number of sulfonamides is 1. The molecular weight excluding hydrogens is 639 g/mol. The van der Waals surface area contributed by atoms with E-state index < -0.39 is 22.2 Å². The van der Waals surface area contributed by atoms with Crippen molar-refractivity contribution in [2.45, 2.75) is 63.1 Å². The molecule has 230 valence electrons. The van der Waals surface area contributed by atoms with E-state index in [1.165, 1.54) is 0 Å². The summed E-state index contributed by atoms with van der Waals surface area (Å²) in [6.07, 6.45) is -0.981. The Morgan fingerprint density at radius 1 is 0.952 bits per heavy atom. The molecule has 1 aliphatic rings. The first kappa shape index (κ1) is 33.5. The van der Waals surface area contributed by atoms with Crippen LogP contribution in [0.15, 0.2) is 57.9 Å². The molecule has 0 unspecified atom stereocenters. The Hall–Kier alpha value is -2.97. The van der Waals surface area contributed by atoms with E-state index in [4.69, 9.17) is 19.9 Å². The molecule has 0 atom stereocenters. The van der Waals surface area contributed by atoms with Crippen molar-refractivity contribution in [2.24, 2.45) is 11.8 Å². The van der Waals surface area contributed by atoms with Crippen molar-refractivity contribution < 1.29 is 31.5 Å². The van der Waals surface area contributed by atoms with Gasteiger partial charge in [0.2, 0.25) is 16.0 Å². The van der Waals surface area contributed by atoms with Gasteiger partial charge >= 0.3 is 12.1 Å². The lowest BCUT2D eigenvalue weighted by atomic mass is 9.82. The lowest BCUT2D eigenvalue weighted by Crippen LogP contribution is -2.32. The predicted molar refractivity (Wildman–Crippen MR) is 160 cm³/mol. The summed E-state index contributed by atoms with van der Waals surface area (Å²) in [6, 6.07) is 15.0. The van der Waals surface area contributed by atoms with E-state index in [1.54, 1.807) is 18.2 Å². The van der Waals surface area contributed by atoms with Gasteiger partial charge in [-0.15, -0.1) is 0 Å². The fraction of sp³-hybridized carbons (Fsp3) is 0.464. The normalized spacial score (nSPS) is 17.7. The van der Waals surface area contributed by atoms with Crippen LogP contribution in [0.3, 0.4) is 0 Å². The summed E-state index contributed by atoms with van der Waals surface area (Å²) >= 11 is 3.33. The van der Waals surface area contributed by atoms with Gasteiger partial charge in [0.1, 0.15) is 5.82 Å². The molecule has 4 rings (SSSR count). The fourth-order valence-electron chi connectivity index (χ4n) is 4.45. The average Bonchev–Trinajstić information content (AvgIpc) is 2.90. The van der Waals surface area contributed by atoms with Crippen LogP contribution in [-0.4, -0.2) is 54.3 Å². The van der Waals surface area contributed by atoms with Crippen LogP contribution in [0.5, 0.6) is 0 Å². The van der Waals surface area contributed by atoms with E-state index >= 15 is 0 Å². The minimum atomic E-state index is -5.08. The van der Waals surface area contributed by atoms with Crippen molar-refractivity contribution >= 4 is 54.6 Å². The number of hydrogen-bond acceptors (Lipinski definition) is 7. The van der Waals surface area contributed by atoms with Gasteiger partial charge in [0, 0.05) is 28.5 Å². The zero-order valence-corrected chi connectivity index (χ0v) is 25.9. The molecule has 1 heterocycles. The summed E-state index contributed by atoms with van der Waals surface area (Å²) in [5.41, 5.74) is 0.808. The molecule has 3 aromatic rings. The molecule has 1 aromatic heterocycles. The number of alkyl halides is 3. The van der Waals surface area contributed by atoms with Gasteiger partial charge in [-0.3, -0.25) is 0 Å². The summed E-state index contributed by atoms with van der Waals surface area (Å²) in [5.74, 6) is -0.416. The minimum Gasteiger partial charge on any atom is -0.475 e. The molecule has 14 heteroatoms. The molecule has 0 amide bonds. The van der Waals surface area contributed by atoms with Crippen molar-refractivity contribution in [1.82, 2.24) is 14.7 Å². The fourth-order valence-corrected chi connectivity index (χ4v) is 6.57. The van der Waals surface area contributed by atoms with Crippen molar-refractivity contribution in [3.8, 4) is 0 Å². The van der Waals surface area contributed by atoms with Crippen molar-refractivity contribution in [3.05, 3.63) is 53.0 Å². The molecule has 1 fully saturated rings. The van der Waals surface area contributed by atoms with Gasteiger partial charge in [0.15, 0.2) is 0 Å². The molecule has 2 aromatic carbocycles. The number of aromatic nitrogens is 2. The molecule has 1 aliphatic carbocycles. The van der Waals surface area contributed by atoms with Crippen LogP contribution in [-0.2, 0) is 14.8 Å².